The lowest BCUT2D eigenvalue weighted by Crippen LogP contribution is -2.57. The van der Waals surface area contributed by atoms with E-state index in [9.17, 15) is 24.0 Å². The van der Waals surface area contributed by atoms with E-state index in [-0.39, 0.29) is 19.3 Å². The number of hydrogen-bond acceptors (Lipinski definition) is 9. The van der Waals surface area contributed by atoms with Crippen LogP contribution in [0.25, 0.3) is 32.7 Å². The van der Waals surface area contributed by atoms with E-state index in [1.54, 1.807) is 20.3 Å². The fourth-order valence-corrected chi connectivity index (χ4v) is 7.22. The summed E-state index contributed by atoms with van der Waals surface area (Å²) in [4.78, 5) is 66.7. The molecule has 1 aliphatic rings. The van der Waals surface area contributed by atoms with Gasteiger partial charge in [0.1, 0.15) is 35.7 Å². The van der Waals surface area contributed by atoms with Crippen LogP contribution in [0.3, 0.4) is 0 Å². The maximum Gasteiger partial charge on any atom is 0.328 e. The molecule has 1 heterocycles. The standard InChI is InChI=1S/C43H51N5O8/c1-25-40(50)47-33(19-12-13-21-44)41(51)48-34(43(53)56-5)20-11-8-16-29-22-27-14-6-9-17-31(27)36(38(29)54-3)37-32-18-10-7-15-28(32)23-30(39(37)55-4)24-35(42(52)45-25)46-26(2)49/h6-11,14-15,17-18,22-23,25,33-35H,12-13,16,19-21,24,44H2,1-5H3,(H,45,52)(H,46,49)(H,47,50)(H,48,51)/b11-8-/t25-,33-,34-,35?/m0/s1. The first-order valence-electron chi connectivity index (χ1n) is 18.8. The highest BCUT2D eigenvalue weighted by Gasteiger charge is 2.31. The Morgan fingerprint density at radius 1 is 0.786 bits per heavy atom. The van der Waals surface area contributed by atoms with Crippen LogP contribution in [0.15, 0.2) is 72.8 Å². The molecule has 4 bridgehead atoms. The van der Waals surface area contributed by atoms with Gasteiger partial charge in [0, 0.05) is 24.5 Å². The number of amides is 4. The third-order valence-corrected chi connectivity index (χ3v) is 9.94. The van der Waals surface area contributed by atoms with Crippen molar-refractivity contribution in [1.29, 1.82) is 0 Å². The van der Waals surface area contributed by atoms with E-state index in [0.717, 1.165) is 38.2 Å². The number of unbranched alkanes of at least 4 members (excludes halogenated alkanes) is 1. The van der Waals surface area contributed by atoms with Crippen LogP contribution in [-0.4, -0.2) is 81.6 Å². The molecule has 296 valence electrons. The Bertz CT molecular complexity index is 2130. The van der Waals surface area contributed by atoms with Gasteiger partial charge in [-0.3, -0.25) is 19.2 Å². The number of methoxy groups -OCH3 is 3. The SMILES string of the molecule is COC(=O)[C@@H]1C/C=C\Cc2cc3ccccc3c(c2OC)-c2c(OC)c(cc3ccccc23)CC(NC(C)=O)C(=O)N[C@@H](C)C(=O)N[C@@H](CCCCN)C(=O)N1. The lowest BCUT2D eigenvalue weighted by Gasteiger charge is -2.25. The minimum Gasteiger partial charge on any atom is -0.496 e. The van der Waals surface area contributed by atoms with Crippen LogP contribution in [0, 0.1) is 0 Å². The number of carbonyl (C=O) groups is 5. The molecule has 0 aromatic heterocycles. The second-order valence-corrected chi connectivity index (χ2v) is 13.9. The van der Waals surface area contributed by atoms with Gasteiger partial charge in [0.2, 0.25) is 23.6 Å². The third-order valence-electron chi connectivity index (χ3n) is 9.94. The third kappa shape index (κ3) is 9.46. The Kier molecular flexibility index (Phi) is 14.0. The molecule has 4 atom stereocenters. The second-order valence-electron chi connectivity index (χ2n) is 13.9. The van der Waals surface area contributed by atoms with E-state index in [2.05, 4.69) is 27.3 Å². The number of nitrogens with one attached hydrogen (secondary N) is 4. The molecule has 0 fully saturated rings. The van der Waals surface area contributed by atoms with Gasteiger partial charge in [-0.25, -0.2) is 4.79 Å². The normalized spacial score (nSPS) is 20.1. The molecule has 1 unspecified atom stereocenters. The molecule has 56 heavy (non-hydrogen) atoms. The van der Waals surface area contributed by atoms with Gasteiger partial charge in [-0.05, 0) is 90.4 Å². The number of allylic oxidation sites excluding steroid dienone is 1. The Hall–Kier alpha value is -5.95. The summed E-state index contributed by atoms with van der Waals surface area (Å²) in [6, 6.07) is 15.5. The summed E-state index contributed by atoms with van der Waals surface area (Å²) < 4.78 is 17.5. The summed E-state index contributed by atoms with van der Waals surface area (Å²) >= 11 is 0. The van der Waals surface area contributed by atoms with Crippen molar-refractivity contribution in [3.63, 3.8) is 0 Å². The van der Waals surface area contributed by atoms with E-state index in [1.807, 2.05) is 60.7 Å². The molecule has 4 aromatic carbocycles. The van der Waals surface area contributed by atoms with E-state index >= 15 is 0 Å². The van der Waals surface area contributed by atoms with E-state index in [0.29, 0.717) is 42.9 Å². The largest absolute Gasteiger partial charge is 0.496 e. The molecule has 0 spiro atoms. The maximum atomic E-state index is 14.0. The summed E-state index contributed by atoms with van der Waals surface area (Å²) in [7, 11) is 4.42. The molecule has 1 aliphatic heterocycles. The first-order valence-corrected chi connectivity index (χ1v) is 18.8. The number of rotatable bonds is 8. The molecule has 5 rings (SSSR count). The average molecular weight is 766 g/mol. The zero-order chi connectivity index (χ0) is 40.4. The van der Waals surface area contributed by atoms with E-state index in [1.165, 1.54) is 21.0 Å². The predicted octanol–water partition coefficient (Wildman–Crippen LogP) is 4.00. The minimum absolute atomic E-state index is 0.0163. The van der Waals surface area contributed by atoms with Crippen molar-refractivity contribution in [1.82, 2.24) is 21.3 Å². The molecule has 13 nitrogen and oxygen atoms in total. The molecule has 4 amide bonds. The summed E-state index contributed by atoms with van der Waals surface area (Å²) in [5.74, 6) is -1.83. The fraction of sp³-hybridized carbons (Fsp3) is 0.372. The Balaban J connectivity index is 1.73. The van der Waals surface area contributed by atoms with Gasteiger partial charge in [0.05, 0.1) is 21.3 Å². The van der Waals surface area contributed by atoms with Gasteiger partial charge >= 0.3 is 5.97 Å². The van der Waals surface area contributed by atoms with Gasteiger partial charge in [0.25, 0.3) is 0 Å². The van der Waals surface area contributed by atoms with Crippen LogP contribution in [0.2, 0.25) is 0 Å². The van der Waals surface area contributed by atoms with Gasteiger partial charge < -0.3 is 41.2 Å². The number of carbonyl (C=O) groups excluding carboxylic acids is 5. The number of nitrogens with two attached hydrogens (primary N) is 1. The van der Waals surface area contributed by atoms with Crippen molar-refractivity contribution in [3.05, 3.63) is 83.9 Å². The molecule has 6 N–H and O–H groups in total. The quantitative estimate of drug-likeness (QED) is 0.100. The number of fused-ring (bicyclic) bond motifs is 9. The molecule has 4 aromatic rings. The number of benzene rings is 4. The highest BCUT2D eigenvalue weighted by molar-refractivity contribution is 6.11. The van der Waals surface area contributed by atoms with Crippen LogP contribution in [0.4, 0.5) is 0 Å². The summed E-state index contributed by atoms with van der Waals surface area (Å²) in [6.07, 6.45) is 5.61. The zero-order valence-corrected chi connectivity index (χ0v) is 32.5. The van der Waals surface area contributed by atoms with Crippen LogP contribution in [0.5, 0.6) is 11.5 Å². The Morgan fingerprint density at radius 2 is 1.39 bits per heavy atom. The van der Waals surface area contributed by atoms with Crippen LogP contribution >= 0.6 is 0 Å². The second kappa shape index (κ2) is 19.1. The number of ether oxygens (including phenoxy) is 3. The molecular formula is C43H51N5O8. The van der Waals surface area contributed by atoms with Crippen molar-refractivity contribution in [3.8, 4) is 22.6 Å². The first kappa shape index (κ1) is 41.2. The molecule has 0 aliphatic carbocycles. The van der Waals surface area contributed by atoms with Gasteiger partial charge in [0.15, 0.2) is 0 Å². The highest BCUT2D eigenvalue weighted by atomic mass is 16.5. The summed E-state index contributed by atoms with van der Waals surface area (Å²) in [6.45, 7) is 3.19. The zero-order valence-electron chi connectivity index (χ0n) is 32.5. The van der Waals surface area contributed by atoms with Gasteiger partial charge in [-0.1, -0.05) is 60.7 Å². The van der Waals surface area contributed by atoms with Gasteiger partial charge in [-0.15, -0.1) is 0 Å². The van der Waals surface area contributed by atoms with Crippen molar-refractivity contribution >= 4 is 51.1 Å². The molecule has 0 saturated heterocycles. The lowest BCUT2D eigenvalue weighted by atomic mass is 9.87. The molecule has 13 heteroatoms. The molecule has 0 saturated carbocycles. The summed E-state index contributed by atoms with van der Waals surface area (Å²) in [5.41, 5.74) is 8.72. The number of hydrogen-bond donors (Lipinski definition) is 5. The first-order chi connectivity index (χ1) is 27.0. The smallest absolute Gasteiger partial charge is 0.328 e. The van der Waals surface area contributed by atoms with Crippen LogP contribution in [0.1, 0.15) is 50.7 Å². The van der Waals surface area contributed by atoms with Crippen LogP contribution in [-0.2, 0) is 41.6 Å². The summed E-state index contributed by atoms with van der Waals surface area (Å²) in [5, 5.41) is 14.6. The topological polar surface area (TPSA) is 187 Å². The van der Waals surface area contributed by atoms with Gasteiger partial charge in [-0.2, -0.15) is 0 Å². The van der Waals surface area contributed by atoms with E-state index < -0.39 is 53.8 Å². The maximum absolute atomic E-state index is 14.0. The van der Waals surface area contributed by atoms with E-state index in [4.69, 9.17) is 19.9 Å². The molecule has 0 radical (unpaired) electrons. The molecular weight excluding hydrogens is 714 g/mol. The highest BCUT2D eigenvalue weighted by Crippen LogP contribution is 2.48. The van der Waals surface area contributed by atoms with Crippen molar-refractivity contribution in [2.75, 3.05) is 27.9 Å². The Labute approximate surface area is 326 Å². The monoisotopic (exact) mass is 765 g/mol. The van der Waals surface area contributed by atoms with Crippen molar-refractivity contribution < 1.29 is 38.2 Å². The fourth-order valence-electron chi connectivity index (χ4n) is 7.22. The number of esters is 1. The van der Waals surface area contributed by atoms with Crippen molar-refractivity contribution in [2.45, 2.75) is 76.5 Å². The Morgan fingerprint density at radius 3 is 1.98 bits per heavy atom. The lowest BCUT2D eigenvalue weighted by molar-refractivity contribution is -0.145. The minimum atomic E-state index is -1.11. The predicted molar refractivity (Wildman–Crippen MR) is 215 cm³/mol. The average Bonchev–Trinajstić information content (AvgIpc) is 3.19. The van der Waals surface area contributed by atoms with Crippen molar-refractivity contribution in [2.24, 2.45) is 5.73 Å². The van der Waals surface area contributed by atoms with Crippen LogP contribution < -0.4 is 36.5 Å².